The molecular formula is C17H22N4O2. The maximum atomic E-state index is 11.0. The number of hydrogen-bond acceptors (Lipinski definition) is 4. The molecule has 0 atom stereocenters. The van der Waals surface area contributed by atoms with E-state index in [0.717, 1.165) is 37.4 Å². The SMILES string of the molecule is CC(C)N1CCN(c2ccccc2-c2cc(C(=O)O)[nH]n2)CC1. The molecule has 1 aliphatic rings. The number of nitrogens with zero attached hydrogens (tertiary/aromatic N) is 3. The molecule has 122 valence electrons. The Balaban J connectivity index is 1.85. The topological polar surface area (TPSA) is 72.5 Å². The standard InChI is InChI=1S/C17H22N4O2/c1-12(2)20-7-9-21(10-8-20)16-6-4-3-5-13(16)14-11-15(17(22)23)19-18-14/h3-6,11-12H,7-10H2,1-2H3,(H,18,19)(H,22,23). The minimum atomic E-state index is -0.994. The predicted molar refractivity (Wildman–Crippen MR) is 89.9 cm³/mol. The first-order valence-electron chi connectivity index (χ1n) is 7.93. The summed E-state index contributed by atoms with van der Waals surface area (Å²) in [6.45, 7) is 8.44. The van der Waals surface area contributed by atoms with Crippen LogP contribution >= 0.6 is 0 Å². The average Bonchev–Trinajstić information content (AvgIpc) is 3.05. The number of nitrogens with one attached hydrogen (secondary N) is 1. The van der Waals surface area contributed by atoms with Gasteiger partial charge in [-0.15, -0.1) is 0 Å². The first-order valence-corrected chi connectivity index (χ1v) is 7.93. The van der Waals surface area contributed by atoms with Crippen molar-refractivity contribution in [2.45, 2.75) is 19.9 Å². The van der Waals surface area contributed by atoms with Gasteiger partial charge in [-0.1, -0.05) is 18.2 Å². The maximum absolute atomic E-state index is 11.0. The highest BCUT2D eigenvalue weighted by atomic mass is 16.4. The molecule has 1 aliphatic heterocycles. The zero-order valence-corrected chi connectivity index (χ0v) is 13.5. The quantitative estimate of drug-likeness (QED) is 0.906. The fourth-order valence-electron chi connectivity index (χ4n) is 3.01. The van der Waals surface area contributed by atoms with E-state index in [1.165, 1.54) is 0 Å². The summed E-state index contributed by atoms with van der Waals surface area (Å²) in [6.07, 6.45) is 0. The van der Waals surface area contributed by atoms with Crippen LogP contribution in [0.2, 0.25) is 0 Å². The molecule has 0 spiro atoms. The summed E-state index contributed by atoms with van der Waals surface area (Å²) in [5.74, 6) is -0.994. The van der Waals surface area contributed by atoms with E-state index in [9.17, 15) is 4.79 Å². The molecular weight excluding hydrogens is 292 g/mol. The van der Waals surface area contributed by atoms with Gasteiger partial charge in [0.2, 0.25) is 0 Å². The molecule has 1 aromatic heterocycles. The van der Waals surface area contributed by atoms with E-state index in [1.54, 1.807) is 6.07 Å². The number of H-pyrrole nitrogens is 1. The van der Waals surface area contributed by atoms with Crippen LogP contribution in [-0.4, -0.2) is 58.4 Å². The molecule has 0 amide bonds. The number of carbonyl (C=O) groups is 1. The van der Waals surface area contributed by atoms with Crippen LogP contribution in [0, 0.1) is 0 Å². The zero-order valence-electron chi connectivity index (χ0n) is 13.5. The molecule has 6 heteroatoms. The average molecular weight is 314 g/mol. The van der Waals surface area contributed by atoms with Crippen molar-refractivity contribution in [1.29, 1.82) is 0 Å². The van der Waals surface area contributed by atoms with Gasteiger partial charge in [0.05, 0.1) is 5.69 Å². The third-order valence-electron chi connectivity index (χ3n) is 4.37. The third kappa shape index (κ3) is 3.22. The lowest BCUT2D eigenvalue weighted by molar-refractivity contribution is 0.0690. The van der Waals surface area contributed by atoms with E-state index in [0.29, 0.717) is 11.7 Å². The molecule has 0 aliphatic carbocycles. The third-order valence-corrected chi connectivity index (χ3v) is 4.37. The summed E-state index contributed by atoms with van der Waals surface area (Å²) >= 11 is 0. The second-order valence-corrected chi connectivity index (χ2v) is 6.11. The number of benzene rings is 1. The zero-order chi connectivity index (χ0) is 16.4. The van der Waals surface area contributed by atoms with Gasteiger partial charge >= 0.3 is 5.97 Å². The normalized spacial score (nSPS) is 16.0. The number of hydrogen-bond donors (Lipinski definition) is 2. The summed E-state index contributed by atoms with van der Waals surface area (Å²) < 4.78 is 0. The van der Waals surface area contributed by atoms with E-state index in [2.05, 4.69) is 39.9 Å². The fraction of sp³-hybridized carbons (Fsp3) is 0.412. The van der Waals surface area contributed by atoms with Crippen LogP contribution in [-0.2, 0) is 0 Å². The van der Waals surface area contributed by atoms with Gasteiger partial charge in [-0.05, 0) is 26.0 Å². The summed E-state index contributed by atoms with van der Waals surface area (Å²) in [4.78, 5) is 15.9. The van der Waals surface area contributed by atoms with Crippen LogP contribution in [0.4, 0.5) is 5.69 Å². The summed E-state index contributed by atoms with van der Waals surface area (Å²) in [7, 11) is 0. The molecule has 0 unspecified atom stereocenters. The Morgan fingerprint density at radius 1 is 1.22 bits per heavy atom. The van der Waals surface area contributed by atoms with Gasteiger partial charge in [-0.2, -0.15) is 5.10 Å². The molecule has 2 N–H and O–H groups in total. The van der Waals surface area contributed by atoms with Crippen molar-refractivity contribution in [3.05, 3.63) is 36.0 Å². The van der Waals surface area contributed by atoms with Crippen molar-refractivity contribution >= 4 is 11.7 Å². The van der Waals surface area contributed by atoms with Gasteiger partial charge in [0, 0.05) is 43.5 Å². The summed E-state index contributed by atoms with van der Waals surface area (Å²) in [6, 6.07) is 10.2. The molecule has 2 heterocycles. The molecule has 0 bridgehead atoms. The van der Waals surface area contributed by atoms with Crippen molar-refractivity contribution < 1.29 is 9.90 Å². The van der Waals surface area contributed by atoms with E-state index in [-0.39, 0.29) is 5.69 Å². The number of carboxylic acids is 1. The highest BCUT2D eigenvalue weighted by Crippen LogP contribution is 2.30. The number of aromatic carboxylic acids is 1. The lowest BCUT2D eigenvalue weighted by atomic mass is 10.1. The van der Waals surface area contributed by atoms with Gasteiger partial charge in [0.25, 0.3) is 0 Å². The van der Waals surface area contributed by atoms with Crippen LogP contribution < -0.4 is 4.90 Å². The molecule has 6 nitrogen and oxygen atoms in total. The lowest BCUT2D eigenvalue weighted by Gasteiger charge is -2.38. The van der Waals surface area contributed by atoms with E-state index >= 15 is 0 Å². The maximum Gasteiger partial charge on any atom is 0.353 e. The van der Waals surface area contributed by atoms with Crippen molar-refractivity contribution in [3.63, 3.8) is 0 Å². The van der Waals surface area contributed by atoms with Crippen LogP contribution in [0.15, 0.2) is 30.3 Å². The molecule has 1 fully saturated rings. The number of anilines is 1. The number of rotatable bonds is 4. The van der Waals surface area contributed by atoms with E-state index < -0.39 is 5.97 Å². The Morgan fingerprint density at radius 2 is 1.91 bits per heavy atom. The number of carboxylic acid groups (broad SMARTS) is 1. The Kier molecular flexibility index (Phi) is 4.34. The van der Waals surface area contributed by atoms with E-state index in [1.807, 2.05) is 18.2 Å². The first-order chi connectivity index (χ1) is 11.1. The minimum absolute atomic E-state index is 0.111. The number of aromatic amines is 1. The van der Waals surface area contributed by atoms with Crippen molar-refractivity contribution in [1.82, 2.24) is 15.1 Å². The largest absolute Gasteiger partial charge is 0.477 e. The van der Waals surface area contributed by atoms with Crippen molar-refractivity contribution in [3.8, 4) is 11.3 Å². The van der Waals surface area contributed by atoms with Gasteiger partial charge in [-0.25, -0.2) is 4.79 Å². The van der Waals surface area contributed by atoms with E-state index in [4.69, 9.17) is 5.11 Å². The Hall–Kier alpha value is -2.34. The van der Waals surface area contributed by atoms with Crippen LogP contribution in [0.5, 0.6) is 0 Å². The molecule has 0 saturated carbocycles. The summed E-state index contributed by atoms with van der Waals surface area (Å²) in [5.41, 5.74) is 2.86. The molecule has 3 rings (SSSR count). The Bertz CT molecular complexity index is 687. The molecule has 2 aromatic rings. The molecule has 23 heavy (non-hydrogen) atoms. The van der Waals surface area contributed by atoms with Crippen molar-refractivity contribution in [2.75, 3.05) is 31.1 Å². The number of aromatic nitrogens is 2. The van der Waals surface area contributed by atoms with Gasteiger partial charge in [-0.3, -0.25) is 10.00 Å². The van der Waals surface area contributed by atoms with Crippen LogP contribution in [0.3, 0.4) is 0 Å². The van der Waals surface area contributed by atoms with Gasteiger partial charge < -0.3 is 10.0 Å². The number of piperazine rings is 1. The highest BCUT2D eigenvalue weighted by Gasteiger charge is 2.21. The molecule has 1 saturated heterocycles. The van der Waals surface area contributed by atoms with Crippen LogP contribution in [0.1, 0.15) is 24.3 Å². The van der Waals surface area contributed by atoms with Gasteiger partial charge in [0.1, 0.15) is 5.69 Å². The lowest BCUT2D eigenvalue weighted by Crippen LogP contribution is -2.49. The molecule has 0 radical (unpaired) electrons. The fourth-order valence-corrected chi connectivity index (χ4v) is 3.01. The second kappa shape index (κ2) is 6.42. The van der Waals surface area contributed by atoms with Crippen LogP contribution in [0.25, 0.3) is 11.3 Å². The second-order valence-electron chi connectivity index (χ2n) is 6.11. The smallest absolute Gasteiger partial charge is 0.353 e. The number of para-hydroxylation sites is 1. The first kappa shape index (κ1) is 15.6. The summed E-state index contributed by atoms with van der Waals surface area (Å²) in [5, 5.41) is 15.8. The Labute approximate surface area is 135 Å². The monoisotopic (exact) mass is 314 g/mol. The predicted octanol–water partition coefficient (Wildman–Crippen LogP) is 2.31. The molecule has 1 aromatic carbocycles. The van der Waals surface area contributed by atoms with Crippen molar-refractivity contribution in [2.24, 2.45) is 0 Å². The highest BCUT2D eigenvalue weighted by molar-refractivity contribution is 5.88. The Morgan fingerprint density at radius 3 is 2.52 bits per heavy atom. The van der Waals surface area contributed by atoms with Gasteiger partial charge in [0.15, 0.2) is 0 Å². The minimum Gasteiger partial charge on any atom is -0.477 e.